The summed E-state index contributed by atoms with van der Waals surface area (Å²) in [5.74, 6) is -0.0731. The first-order valence-electron chi connectivity index (χ1n) is 5.31. The monoisotopic (exact) mass is 193 g/mol. The number of benzene rings is 1. The smallest absolute Gasteiger partial charge is 0.126 e. The molecule has 76 valence electrons. The second-order valence-electron chi connectivity index (χ2n) is 3.96. The SMILES string of the molecule is NCCc1cc2c(cc1F)CCCC2. The van der Waals surface area contributed by atoms with E-state index in [9.17, 15) is 4.39 Å². The van der Waals surface area contributed by atoms with Gasteiger partial charge in [-0.05, 0) is 61.4 Å². The molecule has 1 aromatic carbocycles. The average molecular weight is 193 g/mol. The zero-order chi connectivity index (χ0) is 9.97. The van der Waals surface area contributed by atoms with Crippen molar-refractivity contribution < 1.29 is 4.39 Å². The predicted octanol–water partition coefficient (Wildman–Crippen LogP) is 2.21. The number of fused-ring (bicyclic) bond motifs is 1. The van der Waals surface area contributed by atoms with Crippen LogP contribution in [0.15, 0.2) is 12.1 Å². The van der Waals surface area contributed by atoms with Crippen LogP contribution in [0.4, 0.5) is 4.39 Å². The quantitative estimate of drug-likeness (QED) is 0.765. The summed E-state index contributed by atoms with van der Waals surface area (Å²) in [5.41, 5.74) is 8.76. The minimum atomic E-state index is -0.0731. The van der Waals surface area contributed by atoms with Crippen LogP contribution in [0.25, 0.3) is 0 Å². The van der Waals surface area contributed by atoms with Crippen molar-refractivity contribution >= 4 is 0 Å². The minimum Gasteiger partial charge on any atom is -0.330 e. The summed E-state index contributed by atoms with van der Waals surface area (Å²) < 4.78 is 13.5. The number of hydrogen-bond donors (Lipinski definition) is 1. The molecule has 2 N–H and O–H groups in total. The zero-order valence-corrected chi connectivity index (χ0v) is 8.35. The normalized spacial score (nSPS) is 15.3. The van der Waals surface area contributed by atoms with Crippen LogP contribution >= 0.6 is 0 Å². The van der Waals surface area contributed by atoms with Gasteiger partial charge in [0.15, 0.2) is 0 Å². The molecule has 0 unspecified atom stereocenters. The van der Waals surface area contributed by atoms with E-state index in [1.165, 1.54) is 24.0 Å². The summed E-state index contributed by atoms with van der Waals surface area (Å²) in [4.78, 5) is 0. The number of nitrogens with two attached hydrogens (primary N) is 1. The lowest BCUT2D eigenvalue weighted by Gasteiger charge is -2.17. The highest BCUT2D eigenvalue weighted by Crippen LogP contribution is 2.24. The van der Waals surface area contributed by atoms with E-state index in [1.54, 1.807) is 6.07 Å². The van der Waals surface area contributed by atoms with E-state index in [2.05, 4.69) is 0 Å². The molecule has 1 aliphatic carbocycles. The lowest BCUT2D eigenvalue weighted by Crippen LogP contribution is -2.09. The molecule has 1 aliphatic rings. The van der Waals surface area contributed by atoms with Gasteiger partial charge in [-0.2, -0.15) is 0 Å². The molecule has 0 heterocycles. The Balaban J connectivity index is 2.35. The fourth-order valence-corrected chi connectivity index (χ4v) is 2.15. The number of hydrogen-bond acceptors (Lipinski definition) is 1. The molecule has 0 bridgehead atoms. The van der Waals surface area contributed by atoms with Crippen molar-refractivity contribution in [2.45, 2.75) is 32.1 Å². The second kappa shape index (κ2) is 4.09. The largest absolute Gasteiger partial charge is 0.330 e. The van der Waals surface area contributed by atoms with E-state index in [0.717, 1.165) is 18.4 Å². The van der Waals surface area contributed by atoms with Crippen molar-refractivity contribution in [1.29, 1.82) is 0 Å². The Morgan fingerprint density at radius 3 is 2.43 bits per heavy atom. The molecule has 1 nitrogen and oxygen atoms in total. The summed E-state index contributed by atoms with van der Waals surface area (Å²) in [6.45, 7) is 0.524. The third-order valence-corrected chi connectivity index (χ3v) is 2.92. The predicted molar refractivity (Wildman–Crippen MR) is 55.8 cm³/mol. The van der Waals surface area contributed by atoms with E-state index < -0.39 is 0 Å². The van der Waals surface area contributed by atoms with Gasteiger partial charge in [0, 0.05) is 0 Å². The van der Waals surface area contributed by atoms with Crippen molar-refractivity contribution in [2.24, 2.45) is 5.73 Å². The Labute approximate surface area is 84.1 Å². The second-order valence-corrected chi connectivity index (χ2v) is 3.96. The maximum Gasteiger partial charge on any atom is 0.126 e. The third kappa shape index (κ3) is 1.80. The van der Waals surface area contributed by atoms with E-state index in [-0.39, 0.29) is 5.82 Å². The summed E-state index contributed by atoms with van der Waals surface area (Å²) >= 11 is 0. The molecule has 0 saturated heterocycles. The molecular weight excluding hydrogens is 177 g/mol. The average Bonchev–Trinajstić information content (AvgIpc) is 2.19. The fourth-order valence-electron chi connectivity index (χ4n) is 2.15. The van der Waals surface area contributed by atoms with Gasteiger partial charge in [-0.3, -0.25) is 0 Å². The third-order valence-electron chi connectivity index (χ3n) is 2.92. The molecule has 0 aliphatic heterocycles. The van der Waals surface area contributed by atoms with Crippen molar-refractivity contribution in [3.63, 3.8) is 0 Å². The van der Waals surface area contributed by atoms with Gasteiger partial charge in [0.05, 0.1) is 0 Å². The zero-order valence-electron chi connectivity index (χ0n) is 8.35. The highest BCUT2D eigenvalue weighted by atomic mass is 19.1. The van der Waals surface area contributed by atoms with Gasteiger partial charge in [0.2, 0.25) is 0 Å². The summed E-state index contributed by atoms with van der Waals surface area (Å²) in [7, 11) is 0. The molecule has 0 aromatic heterocycles. The van der Waals surface area contributed by atoms with Gasteiger partial charge >= 0.3 is 0 Å². The molecule has 0 atom stereocenters. The Kier molecular flexibility index (Phi) is 2.82. The van der Waals surface area contributed by atoms with Crippen LogP contribution in [0, 0.1) is 5.82 Å². The topological polar surface area (TPSA) is 26.0 Å². The Morgan fingerprint density at radius 1 is 1.14 bits per heavy atom. The first kappa shape index (κ1) is 9.66. The number of aryl methyl sites for hydroxylation is 2. The van der Waals surface area contributed by atoms with Crippen LogP contribution in [0.2, 0.25) is 0 Å². The van der Waals surface area contributed by atoms with E-state index in [0.29, 0.717) is 13.0 Å². The van der Waals surface area contributed by atoms with Crippen LogP contribution < -0.4 is 5.73 Å². The molecule has 1 aromatic rings. The van der Waals surface area contributed by atoms with Crippen LogP contribution in [0.5, 0.6) is 0 Å². The summed E-state index contributed by atoms with van der Waals surface area (Å²) in [5, 5.41) is 0. The summed E-state index contributed by atoms with van der Waals surface area (Å²) in [6, 6.07) is 3.72. The lowest BCUT2D eigenvalue weighted by molar-refractivity contribution is 0.597. The summed E-state index contributed by atoms with van der Waals surface area (Å²) in [6.07, 6.45) is 5.23. The van der Waals surface area contributed by atoms with E-state index in [1.807, 2.05) is 6.07 Å². The first-order chi connectivity index (χ1) is 6.81. The van der Waals surface area contributed by atoms with Crippen molar-refractivity contribution in [3.8, 4) is 0 Å². The standard InChI is InChI=1S/C12H16FN/c13-12-8-10-4-2-1-3-9(10)7-11(12)5-6-14/h7-8H,1-6,14H2. The van der Waals surface area contributed by atoms with E-state index >= 15 is 0 Å². The molecule has 0 amide bonds. The highest BCUT2D eigenvalue weighted by molar-refractivity contribution is 5.35. The van der Waals surface area contributed by atoms with Crippen LogP contribution in [0.1, 0.15) is 29.5 Å². The Morgan fingerprint density at radius 2 is 1.79 bits per heavy atom. The maximum absolute atomic E-state index is 13.5. The highest BCUT2D eigenvalue weighted by Gasteiger charge is 2.12. The Bertz CT molecular complexity index is 333. The number of rotatable bonds is 2. The Hall–Kier alpha value is -0.890. The van der Waals surface area contributed by atoms with Gasteiger partial charge in [-0.1, -0.05) is 6.07 Å². The maximum atomic E-state index is 13.5. The molecule has 0 spiro atoms. The van der Waals surface area contributed by atoms with Gasteiger partial charge in [0.25, 0.3) is 0 Å². The molecule has 0 fully saturated rings. The molecular formula is C12H16FN. The van der Waals surface area contributed by atoms with Crippen LogP contribution in [-0.4, -0.2) is 6.54 Å². The van der Waals surface area contributed by atoms with Crippen molar-refractivity contribution in [2.75, 3.05) is 6.54 Å². The van der Waals surface area contributed by atoms with Crippen LogP contribution in [0.3, 0.4) is 0 Å². The molecule has 0 radical (unpaired) electrons. The first-order valence-corrected chi connectivity index (χ1v) is 5.31. The van der Waals surface area contributed by atoms with Gasteiger partial charge in [-0.15, -0.1) is 0 Å². The minimum absolute atomic E-state index is 0.0731. The fraction of sp³-hybridized carbons (Fsp3) is 0.500. The molecule has 2 heteroatoms. The van der Waals surface area contributed by atoms with Crippen molar-refractivity contribution in [1.82, 2.24) is 0 Å². The molecule has 14 heavy (non-hydrogen) atoms. The van der Waals surface area contributed by atoms with Crippen molar-refractivity contribution in [3.05, 3.63) is 34.6 Å². The lowest BCUT2D eigenvalue weighted by atomic mass is 9.89. The van der Waals surface area contributed by atoms with Gasteiger partial charge in [-0.25, -0.2) is 4.39 Å². The molecule has 2 rings (SSSR count). The van der Waals surface area contributed by atoms with Gasteiger partial charge < -0.3 is 5.73 Å². The number of halogens is 1. The molecule has 0 saturated carbocycles. The van der Waals surface area contributed by atoms with Gasteiger partial charge in [0.1, 0.15) is 5.82 Å². The van der Waals surface area contributed by atoms with E-state index in [4.69, 9.17) is 5.73 Å². The van der Waals surface area contributed by atoms with Crippen LogP contribution in [-0.2, 0) is 19.3 Å².